The summed E-state index contributed by atoms with van der Waals surface area (Å²) in [5, 5.41) is 8.25. The van der Waals surface area contributed by atoms with Crippen molar-refractivity contribution in [2.24, 2.45) is 5.92 Å². The highest BCUT2D eigenvalue weighted by Crippen LogP contribution is 2.25. The quantitative estimate of drug-likeness (QED) is 0.435. The molecule has 0 radical (unpaired) electrons. The fourth-order valence-corrected chi connectivity index (χ4v) is 4.00. The summed E-state index contributed by atoms with van der Waals surface area (Å²) in [5.41, 5.74) is 4.68. The summed E-state index contributed by atoms with van der Waals surface area (Å²) in [6.07, 6.45) is 4.72. The normalized spacial score (nSPS) is 13.1. The van der Waals surface area contributed by atoms with Crippen molar-refractivity contribution in [1.82, 2.24) is 10.3 Å². The SMILES string of the molecule is COC(=O)C(NC(=O)c1ncc(-c2ccc(NC(=O)Nc3ccc4c(c3)CCC4)cc2)o1)C(C)C. The molecule has 1 unspecified atom stereocenters. The predicted molar refractivity (Wildman–Crippen MR) is 131 cm³/mol. The molecule has 0 aliphatic heterocycles. The van der Waals surface area contributed by atoms with Crippen LogP contribution in [0.4, 0.5) is 16.2 Å². The van der Waals surface area contributed by atoms with Crippen molar-refractivity contribution < 1.29 is 23.5 Å². The largest absolute Gasteiger partial charge is 0.467 e. The molecule has 182 valence electrons. The molecule has 3 amide bonds. The number of hydrogen-bond acceptors (Lipinski definition) is 6. The minimum absolute atomic E-state index is 0.162. The number of benzene rings is 2. The van der Waals surface area contributed by atoms with E-state index in [9.17, 15) is 14.4 Å². The van der Waals surface area contributed by atoms with Crippen LogP contribution in [0.25, 0.3) is 11.3 Å². The fourth-order valence-electron chi connectivity index (χ4n) is 4.00. The number of nitrogens with zero attached hydrogens (tertiary/aromatic N) is 1. The van der Waals surface area contributed by atoms with E-state index in [1.807, 2.05) is 12.1 Å². The Labute approximate surface area is 203 Å². The number of aromatic nitrogens is 1. The number of carbonyl (C=O) groups is 3. The van der Waals surface area contributed by atoms with Gasteiger partial charge in [-0.25, -0.2) is 14.6 Å². The van der Waals surface area contributed by atoms with Gasteiger partial charge in [-0.05, 0) is 72.7 Å². The first kappa shape index (κ1) is 24.0. The second-order valence-corrected chi connectivity index (χ2v) is 8.74. The number of carbonyl (C=O) groups excluding carboxylic acids is 3. The number of esters is 1. The Hall–Kier alpha value is -4.14. The van der Waals surface area contributed by atoms with Crippen molar-refractivity contribution in [1.29, 1.82) is 0 Å². The molecule has 1 aliphatic rings. The molecule has 9 nitrogen and oxygen atoms in total. The number of rotatable bonds is 7. The van der Waals surface area contributed by atoms with Gasteiger partial charge in [-0.15, -0.1) is 0 Å². The summed E-state index contributed by atoms with van der Waals surface area (Å²) in [7, 11) is 1.27. The van der Waals surface area contributed by atoms with Crippen LogP contribution in [0, 0.1) is 5.92 Å². The molecular formula is C26H28N4O5. The average Bonchev–Trinajstić information content (AvgIpc) is 3.52. The molecule has 0 fully saturated rings. The van der Waals surface area contributed by atoms with Gasteiger partial charge in [0.1, 0.15) is 6.04 Å². The summed E-state index contributed by atoms with van der Waals surface area (Å²) in [6, 6.07) is 11.8. The van der Waals surface area contributed by atoms with Crippen LogP contribution in [0.1, 0.15) is 42.1 Å². The Morgan fingerprint density at radius 2 is 1.66 bits per heavy atom. The molecule has 3 aromatic rings. The lowest BCUT2D eigenvalue weighted by atomic mass is 10.0. The highest BCUT2D eigenvalue weighted by atomic mass is 16.5. The predicted octanol–water partition coefficient (Wildman–Crippen LogP) is 4.40. The minimum atomic E-state index is -0.809. The van der Waals surface area contributed by atoms with E-state index in [-0.39, 0.29) is 17.8 Å². The Bertz CT molecular complexity index is 1230. The van der Waals surface area contributed by atoms with Crippen LogP contribution in [-0.2, 0) is 22.4 Å². The summed E-state index contributed by atoms with van der Waals surface area (Å²) >= 11 is 0. The lowest BCUT2D eigenvalue weighted by molar-refractivity contribution is -0.144. The molecule has 1 aliphatic carbocycles. The van der Waals surface area contributed by atoms with E-state index in [1.165, 1.54) is 24.4 Å². The van der Waals surface area contributed by atoms with Crippen LogP contribution in [0.5, 0.6) is 0 Å². The zero-order chi connectivity index (χ0) is 24.9. The first-order chi connectivity index (χ1) is 16.8. The Kier molecular flexibility index (Phi) is 7.14. The van der Waals surface area contributed by atoms with E-state index in [0.717, 1.165) is 24.9 Å². The molecule has 1 heterocycles. The second kappa shape index (κ2) is 10.4. The van der Waals surface area contributed by atoms with Gasteiger partial charge in [0.15, 0.2) is 5.76 Å². The van der Waals surface area contributed by atoms with E-state index in [0.29, 0.717) is 17.0 Å². The Morgan fingerprint density at radius 1 is 0.971 bits per heavy atom. The molecule has 0 bridgehead atoms. The van der Waals surface area contributed by atoms with Crippen LogP contribution in [0.3, 0.4) is 0 Å². The van der Waals surface area contributed by atoms with E-state index in [4.69, 9.17) is 9.15 Å². The van der Waals surface area contributed by atoms with Crippen molar-refractivity contribution in [2.75, 3.05) is 17.7 Å². The van der Waals surface area contributed by atoms with Crippen molar-refractivity contribution in [3.05, 3.63) is 65.7 Å². The maximum absolute atomic E-state index is 12.5. The number of ether oxygens (including phenoxy) is 1. The van der Waals surface area contributed by atoms with Crippen molar-refractivity contribution in [3.8, 4) is 11.3 Å². The Balaban J connectivity index is 1.36. The van der Waals surface area contributed by atoms with Crippen LogP contribution in [0.2, 0.25) is 0 Å². The molecular weight excluding hydrogens is 448 g/mol. The second-order valence-electron chi connectivity index (χ2n) is 8.74. The van der Waals surface area contributed by atoms with Gasteiger partial charge in [-0.1, -0.05) is 19.9 Å². The smallest absolute Gasteiger partial charge is 0.328 e. The van der Waals surface area contributed by atoms with Gasteiger partial charge in [0.05, 0.1) is 13.3 Å². The molecule has 0 spiro atoms. The highest BCUT2D eigenvalue weighted by molar-refractivity contribution is 6.00. The number of anilines is 2. The van der Waals surface area contributed by atoms with E-state index >= 15 is 0 Å². The Morgan fingerprint density at radius 3 is 2.37 bits per heavy atom. The summed E-state index contributed by atoms with van der Waals surface area (Å²) < 4.78 is 10.3. The lowest BCUT2D eigenvalue weighted by Gasteiger charge is -2.18. The van der Waals surface area contributed by atoms with Gasteiger partial charge in [0, 0.05) is 16.9 Å². The number of hydrogen-bond donors (Lipinski definition) is 3. The first-order valence-electron chi connectivity index (χ1n) is 11.5. The number of oxazole rings is 1. The molecule has 0 saturated carbocycles. The zero-order valence-corrected chi connectivity index (χ0v) is 19.9. The maximum atomic E-state index is 12.5. The van der Waals surface area contributed by atoms with Gasteiger partial charge in [-0.3, -0.25) is 4.79 Å². The summed E-state index contributed by atoms with van der Waals surface area (Å²) in [4.78, 5) is 40.8. The number of fused-ring (bicyclic) bond motifs is 1. The summed E-state index contributed by atoms with van der Waals surface area (Å²) in [5.74, 6) is -1.10. The summed E-state index contributed by atoms with van der Waals surface area (Å²) in [6.45, 7) is 3.59. The zero-order valence-electron chi connectivity index (χ0n) is 19.9. The van der Waals surface area contributed by atoms with E-state index in [1.54, 1.807) is 38.1 Å². The molecule has 1 aromatic heterocycles. The third-order valence-electron chi connectivity index (χ3n) is 5.89. The fraction of sp³-hybridized carbons (Fsp3) is 0.308. The topological polar surface area (TPSA) is 123 Å². The molecule has 35 heavy (non-hydrogen) atoms. The van der Waals surface area contributed by atoms with Crippen molar-refractivity contribution in [2.45, 2.75) is 39.2 Å². The van der Waals surface area contributed by atoms with Crippen LogP contribution in [0.15, 0.2) is 53.1 Å². The van der Waals surface area contributed by atoms with Crippen LogP contribution >= 0.6 is 0 Å². The monoisotopic (exact) mass is 476 g/mol. The number of nitrogens with one attached hydrogen (secondary N) is 3. The molecule has 0 saturated heterocycles. The van der Waals surface area contributed by atoms with E-state index in [2.05, 4.69) is 27.0 Å². The number of urea groups is 1. The van der Waals surface area contributed by atoms with Gasteiger partial charge >= 0.3 is 17.9 Å². The van der Waals surface area contributed by atoms with Gasteiger partial charge in [0.25, 0.3) is 5.89 Å². The van der Waals surface area contributed by atoms with Crippen LogP contribution in [-0.4, -0.2) is 36.0 Å². The third-order valence-corrected chi connectivity index (χ3v) is 5.89. The molecule has 4 rings (SSSR count). The van der Waals surface area contributed by atoms with Crippen molar-refractivity contribution >= 4 is 29.3 Å². The number of aryl methyl sites for hydroxylation is 2. The van der Waals surface area contributed by atoms with Gasteiger partial charge in [-0.2, -0.15) is 0 Å². The lowest BCUT2D eigenvalue weighted by Crippen LogP contribution is -2.45. The van der Waals surface area contributed by atoms with Gasteiger partial charge < -0.3 is 25.1 Å². The molecule has 3 N–H and O–H groups in total. The number of methoxy groups -OCH3 is 1. The van der Waals surface area contributed by atoms with Crippen molar-refractivity contribution in [3.63, 3.8) is 0 Å². The minimum Gasteiger partial charge on any atom is -0.467 e. The molecule has 2 aromatic carbocycles. The maximum Gasteiger partial charge on any atom is 0.328 e. The standard InChI is InChI=1S/C26H28N4O5/c1-15(2)22(25(32)34-3)30-23(31)24-27-14-21(35-24)17-8-10-19(11-9-17)28-26(33)29-20-12-7-16-5-4-6-18(16)13-20/h7-15,22H,4-6H2,1-3H3,(H,30,31)(H2,28,29,33). The number of amides is 3. The third kappa shape index (κ3) is 5.68. The highest BCUT2D eigenvalue weighted by Gasteiger charge is 2.27. The van der Waals surface area contributed by atoms with Gasteiger partial charge in [0.2, 0.25) is 0 Å². The molecule has 1 atom stereocenters. The average molecular weight is 477 g/mol. The molecule has 9 heteroatoms. The van der Waals surface area contributed by atoms with Crippen LogP contribution < -0.4 is 16.0 Å². The first-order valence-corrected chi connectivity index (χ1v) is 11.5. The van der Waals surface area contributed by atoms with E-state index < -0.39 is 17.9 Å².